The van der Waals surface area contributed by atoms with Gasteiger partial charge in [-0.3, -0.25) is 0 Å². The van der Waals surface area contributed by atoms with Gasteiger partial charge in [0.2, 0.25) is 0 Å². The van der Waals surface area contributed by atoms with Gasteiger partial charge in [0, 0.05) is 6.07 Å². The predicted octanol–water partition coefficient (Wildman–Crippen LogP) is 14.9. The lowest BCUT2D eigenvalue weighted by atomic mass is 10.1. The van der Waals surface area contributed by atoms with Gasteiger partial charge in [0.15, 0.2) is 0 Å². The number of carbonyl (C=O) groups excluding carboxylic acids is 4. The third-order valence-corrected chi connectivity index (χ3v) is 11.3. The second-order valence-electron chi connectivity index (χ2n) is 16.9. The predicted molar refractivity (Wildman–Crippen MR) is 267 cm³/mol. The lowest BCUT2D eigenvalue weighted by Crippen LogP contribution is -2.11. The van der Waals surface area contributed by atoms with Crippen molar-refractivity contribution in [3.8, 4) is 34.5 Å². The first-order valence-corrected chi connectivity index (χ1v) is 24.6. The summed E-state index contributed by atoms with van der Waals surface area (Å²) in [5.74, 6) is -0.190. The van der Waals surface area contributed by atoms with E-state index < -0.39 is 23.9 Å². The van der Waals surface area contributed by atoms with E-state index >= 15 is 0 Å². The van der Waals surface area contributed by atoms with Crippen molar-refractivity contribution in [2.45, 2.75) is 129 Å². The third kappa shape index (κ3) is 19.7. The highest BCUT2D eigenvalue weighted by molar-refractivity contribution is 5.94. The number of esters is 4. The van der Waals surface area contributed by atoms with Crippen molar-refractivity contribution < 1.29 is 47.6 Å². The van der Waals surface area contributed by atoms with Crippen LogP contribution in [0.4, 0.5) is 0 Å². The van der Waals surface area contributed by atoms with Crippen LogP contribution in [-0.4, -0.2) is 37.1 Å². The van der Waals surface area contributed by atoms with Crippen LogP contribution in [0.5, 0.6) is 34.5 Å². The van der Waals surface area contributed by atoms with Crippen molar-refractivity contribution in [2.24, 2.45) is 0 Å². The number of benzene rings is 5. The van der Waals surface area contributed by atoms with Gasteiger partial charge in [0.1, 0.15) is 34.5 Å². The molecule has 5 rings (SSSR count). The van der Waals surface area contributed by atoms with Gasteiger partial charge in [0.05, 0.1) is 35.5 Å². The summed E-state index contributed by atoms with van der Waals surface area (Å²) < 4.78 is 33.8. The average Bonchev–Trinajstić information content (AvgIpc) is 3.35. The molecule has 10 heteroatoms. The van der Waals surface area contributed by atoms with Crippen molar-refractivity contribution >= 4 is 23.9 Å². The molecule has 0 atom stereocenters. The van der Waals surface area contributed by atoms with Crippen LogP contribution in [0, 0.1) is 0 Å². The molecule has 68 heavy (non-hydrogen) atoms. The van der Waals surface area contributed by atoms with E-state index in [0.717, 1.165) is 32.1 Å². The highest BCUT2D eigenvalue weighted by Crippen LogP contribution is 2.24. The van der Waals surface area contributed by atoms with Crippen LogP contribution in [0.3, 0.4) is 0 Å². The van der Waals surface area contributed by atoms with Gasteiger partial charge in [-0.15, -0.1) is 6.58 Å². The zero-order valence-electron chi connectivity index (χ0n) is 39.8. The topological polar surface area (TPSA) is 124 Å². The summed E-state index contributed by atoms with van der Waals surface area (Å²) in [6, 6.07) is 31.8. The zero-order chi connectivity index (χ0) is 48.0. The summed E-state index contributed by atoms with van der Waals surface area (Å²) in [6.45, 7) is 7.27. The van der Waals surface area contributed by atoms with Gasteiger partial charge in [0.25, 0.3) is 0 Å². The van der Waals surface area contributed by atoms with E-state index in [1.807, 2.05) is 6.08 Å². The summed E-state index contributed by atoms with van der Waals surface area (Å²) in [7, 11) is 0. The lowest BCUT2D eigenvalue weighted by Gasteiger charge is -2.09. The van der Waals surface area contributed by atoms with Gasteiger partial charge in [-0.05, 0) is 135 Å². The minimum Gasteiger partial charge on any atom is -0.494 e. The third-order valence-electron chi connectivity index (χ3n) is 11.3. The van der Waals surface area contributed by atoms with Gasteiger partial charge < -0.3 is 28.4 Å². The van der Waals surface area contributed by atoms with Crippen molar-refractivity contribution in [1.82, 2.24) is 0 Å². The molecular formula is C58H68O10. The molecule has 0 aliphatic heterocycles. The number of unbranched alkanes of at least 4 members (excludes halogenated alkanes) is 17. The molecule has 5 aromatic carbocycles. The molecule has 0 heterocycles. The normalized spacial score (nSPS) is 10.8. The molecule has 0 saturated carbocycles. The summed E-state index contributed by atoms with van der Waals surface area (Å²) >= 11 is 0. The summed E-state index contributed by atoms with van der Waals surface area (Å²) in [5.41, 5.74) is 1.17. The van der Waals surface area contributed by atoms with E-state index in [4.69, 9.17) is 28.4 Å². The summed E-state index contributed by atoms with van der Waals surface area (Å²) in [5, 5.41) is 0. The Bertz CT molecular complexity index is 2260. The maximum absolute atomic E-state index is 13.0. The first-order chi connectivity index (χ1) is 33.3. The second-order valence-corrected chi connectivity index (χ2v) is 16.9. The minimum atomic E-state index is -0.662. The monoisotopic (exact) mass is 924 g/mol. The minimum absolute atomic E-state index is 0.152. The molecule has 10 nitrogen and oxygen atoms in total. The Hall–Kier alpha value is -6.68. The molecule has 0 aromatic heterocycles. The van der Waals surface area contributed by atoms with E-state index in [1.165, 1.54) is 144 Å². The van der Waals surface area contributed by atoms with Crippen molar-refractivity contribution in [1.29, 1.82) is 0 Å². The fourth-order valence-corrected chi connectivity index (χ4v) is 7.38. The SMILES string of the molecule is C=CCCCCCCCCOc1ccc(C(=O)Oc2ccc(C(=O)Oc3cccc(OC(=O)c4ccc(OC(=O)c5ccc(OCCCCCCCCCCCCCC)cc5)cc4)c3)cc2)cc1. The Morgan fingerprint density at radius 1 is 0.368 bits per heavy atom. The maximum Gasteiger partial charge on any atom is 0.343 e. The summed E-state index contributed by atoms with van der Waals surface area (Å²) in [6.07, 6.45) is 25.4. The van der Waals surface area contributed by atoms with E-state index in [2.05, 4.69) is 13.5 Å². The number of ether oxygens (including phenoxy) is 6. The molecule has 0 radical (unpaired) electrons. The van der Waals surface area contributed by atoms with E-state index in [9.17, 15) is 19.2 Å². The molecule has 360 valence electrons. The van der Waals surface area contributed by atoms with Crippen LogP contribution >= 0.6 is 0 Å². The molecule has 0 amide bonds. The van der Waals surface area contributed by atoms with Crippen molar-refractivity contribution in [3.63, 3.8) is 0 Å². The number of carbonyl (C=O) groups is 4. The maximum atomic E-state index is 13.0. The van der Waals surface area contributed by atoms with Crippen LogP contribution in [0.1, 0.15) is 170 Å². The van der Waals surface area contributed by atoms with Gasteiger partial charge in [-0.2, -0.15) is 0 Å². The smallest absolute Gasteiger partial charge is 0.343 e. The van der Waals surface area contributed by atoms with Crippen molar-refractivity contribution in [2.75, 3.05) is 13.2 Å². The molecule has 0 aliphatic carbocycles. The standard InChI is InChI=1S/C58H68O10/c1-3-5-7-9-11-13-14-15-16-18-20-22-43-64-50-36-28-46(29-37-50)56(60)66-52-40-32-48(33-41-52)58(62)68-54-25-23-24-53(44-54)67-57(61)47-30-38-51(39-31-47)65-55(59)45-26-34-49(35-27-45)63-42-21-19-17-12-10-8-6-4-2/h4,23-41,44H,2-3,5-22,42-43H2,1H3. The molecule has 0 unspecified atom stereocenters. The number of allylic oxidation sites excluding steroid dienone is 1. The van der Waals surface area contributed by atoms with Gasteiger partial charge >= 0.3 is 23.9 Å². The zero-order valence-corrected chi connectivity index (χ0v) is 39.8. The Morgan fingerprint density at radius 3 is 1.00 bits per heavy atom. The highest BCUT2D eigenvalue weighted by atomic mass is 16.6. The van der Waals surface area contributed by atoms with Crippen LogP contribution in [-0.2, 0) is 0 Å². The van der Waals surface area contributed by atoms with Crippen LogP contribution < -0.4 is 28.4 Å². The molecular weight excluding hydrogens is 857 g/mol. The highest BCUT2D eigenvalue weighted by Gasteiger charge is 2.15. The van der Waals surface area contributed by atoms with Crippen LogP contribution in [0.2, 0.25) is 0 Å². The van der Waals surface area contributed by atoms with Gasteiger partial charge in [-0.25, -0.2) is 19.2 Å². The van der Waals surface area contributed by atoms with Crippen LogP contribution in [0.25, 0.3) is 0 Å². The van der Waals surface area contributed by atoms with Crippen LogP contribution in [0.15, 0.2) is 134 Å². The molecule has 0 saturated heterocycles. The Kier molecular flexibility index (Phi) is 23.5. The fraction of sp³-hybridized carbons (Fsp3) is 0.379. The average molecular weight is 925 g/mol. The van der Waals surface area contributed by atoms with E-state index in [-0.39, 0.29) is 34.1 Å². The number of hydrogen-bond donors (Lipinski definition) is 0. The molecule has 0 N–H and O–H groups in total. The van der Waals surface area contributed by atoms with Gasteiger partial charge in [-0.1, -0.05) is 115 Å². The van der Waals surface area contributed by atoms with E-state index in [1.54, 1.807) is 66.7 Å². The molecule has 0 aliphatic rings. The number of rotatable bonds is 32. The Balaban J connectivity index is 0.971. The lowest BCUT2D eigenvalue weighted by molar-refractivity contribution is 0.0723. The molecule has 0 spiro atoms. The Morgan fingerprint density at radius 2 is 0.662 bits per heavy atom. The second kappa shape index (κ2) is 30.6. The quantitative estimate of drug-likeness (QED) is 0.0178. The van der Waals surface area contributed by atoms with Crippen molar-refractivity contribution in [3.05, 3.63) is 156 Å². The summed E-state index contributed by atoms with van der Waals surface area (Å²) in [4.78, 5) is 51.6. The largest absolute Gasteiger partial charge is 0.494 e. The first-order valence-electron chi connectivity index (χ1n) is 24.6. The Labute approximate surface area is 403 Å². The molecule has 0 bridgehead atoms. The number of hydrogen-bond acceptors (Lipinski definition) is 10. The molecule has 0 fully saturated rings. The fourth-order valence-electron chi connectivity index (χ4n) is 7.38. The van der Waals surface area contributed by atoms with E-state index in [0.29, 0.717) is 35.8 Å². The molecule has 5 aromatic rings. The first kappa shape index (κ1) is 52.3.